The van der Waals surface area contributed by atoms with Crippen molar-refractivity contribution in [2.45, 2.75) is 38.2 Å². The van der Waals surface area contributed by atoms with Gasteiger partial charge in [-0.25, -0.2) is 9.78 Å². The largest absolute Gasteiger partial charge is 0.421 e. The number of amides is 1. The zero-order valence-corrected chi connectivity index (χ0v) is 40.3. The molecule has 66 heavy (non-hydrogen) atoms. The Hall–Kier alpha value is -6.88. The number of pyridine rings is 1. The van der Waals surface area contributed by atoms with Gasteiger partial charge in [-0.1, -0.05) is 92.7 Å². The molecule has 0 spiro atoms. The van der Waals surface area contributed by atoms with Gasteiger partial charge in [-0.05, 0) is 107 Å². The minimum absolute atomic E-state index is 0. The van der Waals surface area contributed by atoms with Crippen LogP contribution < -0.4 is 20.7 Å². The highest BCUT2D eigenvalue weighted by atomic mass is 32.2. The summed E-state index contributed by atoms with van der Waals surface area (Å²) in [7, 11) is 11.7. The Balaban J connectivity index is 0.000000200. The molecule has 1 aliphatic heterocycles. The summed E-state index contributed by atoms with van der Waals surface area (Å²) in [6.45, 7) is 8.52. The zero-order valence-electron chi connectivity index (χ0n) is 39.5. The molecule has 9 nitrogen and oxygen atoms in total. The van der Waals surface area contributed by atoms with Crippen molar-refractivity contribution >= 4 is 56.9 Å². The number of aromatic nitrogens is 2. The van der Waals surface area contributed by atoms with Crippen molar-refractivity contribution < 1.29 is 15.4 Å². The summed E-state index contributed by atoms with van der Waals surface area (Å²) in [5, 5.41) is 3.51. The lowest BCUT2D eigenvalue weighted by Crippen LogP contribution is -2.26. The molecule has 3 aromatic heterocycles. The summed E-state index contributed by atoms with van der Waals surface area (Å²) in [4.78, 5) is 34.4. The van der Waals surface area contributed by atoms with E-state index in [0.717, 1.165) is 33.8 Å². The maximum atomic E-state index is 12.9. The van der Waals surface area contributed by atoms with Crippen LogP contribution in [0.2, 0.25) is 0 Å². The standard InChI is InChI=1S/C26H16N3O3.C26H30N2S.C2H6O.C2H6.H2/c30-25(21-14-18-6-4-8-20(16-10-11-16)24(18)32-26(21)31)27-19-7-3-5-17(13-19)22-15-29-12-2-1-9-23(29)28-22;1-18-15-21(27(3)4)11-13-23(18)26(25-10-8-7-9-20(25)17-29-26)24-14-12-22(28(5)6)16-19(24)2;1-3-2;1-2;/h1-15H,(H,27,30);7-16H,17H2,1-6H3;1-2H3;1-2H3;1H. The van der Waals surface area contributed by atoms with E-state index in [-0.39, 0.29) is 11.7 Å². The van der Waals surface area contributed by atoms with E-state index in [1.807, 2.05) is 97.7 Å². The van der Waals surface area contributed by atoms with Crippen molar-refractivity contribution in [3.05, 3.63) is 207 Å². The number of thioether (sulfide) groups is 1. The van der Waals surface area contributed by atoms with Crippen molar-refractivity contribution in [3.63, 3.8) is 0 Å². The SMILES string of the molecule is CC.COC.Cc1cc(N(C)C)ccc1C1(c2ccc(N(C)C)cc2C)SCc2ccccc21.O=C(Nc1cccc(-c2cn3ccccc3n2)c1)c1cc2cccc(C3=C[CH]3)c2oc1=O.[HH]. The Bertz CT molecular complexity index is 3030. The first kappa shape index (κ1) is 47.1. The van der Waals surface area contributed by atoms with E-state index in [0.29, 0.717) is 16.7 Å². The number of rotatable bonds is 8. The molecule has 1 radical (unpaired) electrons. The van der Waals surface area contributed by atoms with Gasteiger partial charge >= 0.3 is 5.63 Å². The monoisotopic (exact) mass is 898 g/mol. The van der Waals surface area contributed by atoms with Crippen LogP contribution in [0.15, 0.2) is 155 Å². The van der Waals surface area contributed by atoms with Gasteiger partial charge in [-0.15, -0.1) is 11.8 Å². The minimum Gasteiger partial charge on any atom is -0.421 e. The number of hydrogen-bond acceptors (Lipinski definition) is 8. The predicted molar refractivity (Wildman–Crippen MR) is 278 cm³/mol. The summed E-state index contributed by atoms with van der Waals surface area (Å²) in [5.74, 6) is 0.523. The second-order valence-corrected chi connectivity index (χ2v) is 17.6. The smallest absolute Gasteiger partial charge is 0.349 e. The number of anilines is 3. The third kappa shape index (κ3) is 9.71. The number of methoxy groups -OCH3 is 1. The molecule has 0 unspecified atom stereocenters. The number of aryl methyl sites for hydroxylation is 2. The van der Waals surface area contributed by atoms with Crippen LogP contribution in [0.5, 0.6) is 0 Å². The first-order valence-corrected chi connectivity index (χ1v) is 23.1. The number of nitrogens with zero attached hydrogens (tertiary/aromatic N) is 4. The number of benzene rings is 5. The normalized spacial score (nSPS) is 12.9. The number of hydrogen-bond donors (Lipinski definition) is 1. The van der Waals surface area contributed by atoms with Crippen LogP contribution >= 0.6 is 11.8 Å². The minimum atomic E-state index is -0.666. The summed E-state index contributed by atoms with van der Waals surface area (Å²) in [6, 6.07) is 43.2. The molecular weight excluding hydrogens is 839 g/mol. The molecule has 8 aromatic rings. The van der Waals surface area contributed by atoms with E-state index in [1.54, 1.807) is 26.4 Å². The van der Waals surface area contributed by atoms with E-state index in [4.69, 9.17) is 4.42 Å². The summed E-state index contributed by atoms with van der Waals surface area (Å²) in [6.07, 6.45) is 7.76. The van der Waals surface area contributed by atoms with Gasteiger partial charge < -0.3 is 28.7 Å². The molecule has 5 aromatic carbocycles. The van der Waals surface area contributed by atoms with Gasteiger partial charge in [0.15, 0.2) is 0 Å². The summed E-state index contributed by atoms with van der Waals surface area (Å²) >= 11 is 2.05. The second kappa shape index (κ2) is 20.5. The Labute approximate surface area is 394 Å². The predicted octanol–water partition coefficient (Wildman–Crippen LogP) is 12.5. The molecule has 10 heteroatoms. The van der Waals surface area contributed by atoms with Gasteiger partial charge in [0.1, 0.15) is 16.8 Å². The fourth-order valence-corrected chi connectivity index (χ4v) is 10.0. The van der Waals surface area contributed by atoms with E-state index < -0.39 is 11.5 Å². The molecule has 1 amide bonds. The number of carbonyl (C=O) groups excluding carboxylic acids is 1. The van der Waals surface area contributed by atoms with E-state index >= 15 is 0 Å². The van der Waals surface area contributed by atoms with Crippen LogP contribution in [-0.4, -0.2) is 57.7 Å². The number of allylic oxidation sites excluding steroid dienone is 2. The van der Waals surface area contributed by atoms with Crippen LogP contribution in [0.1, 0.15) is 64.6 Å². The molecule has 339 valence electrons. The molecule has 2 aliphatic rings. The van der Waals surface area contributed by atoms with Gasteiger partial charge in [-0.3, -0.25) is 4.79 Å². The van der Waals surface area contributed by atoms with Crippen molar-refractivity contribution in [3.8, 4) is 11.3 Å². The molecule has 0 saturated carbocycles. The lowest BCUT2D eigenvalue weighted by molar-refractivity contribution is 0.102. The van der Waals surface area contributed by atoms with E-state index in [1.165, 1.54) is 44.8 Å². The van der Waals surface area contributed by atoms with Crippen LogP contribution in [-0.2, 0) is 15.2 Å². The number of carbonyl (C=O) groups is 1. The van der Waals surface area contributed by atoms with E-state index in [2.05, 4.69) is 139 Å². The molecule has 0 bridgehead atoms. The maximum Gasteiger partial charge on any atom is 0.349 e. The van der Waals surface area contributed by atoms with E-state index in [9.17, 15) is 9.59 Å². The first-order chi connectivity index (χ1) is 31.9. The molecule has 0 atom stereocenters. The molecule has 10 rings (SSSR count). The topological polar surface area (TPSA) is 92.3 Å². The highest BCUT2D eigenvalue weighted by Crippen LogP contribution is 2.57. The Morgan fingerprint density at radius 1 is 0.788 bits per heavy atom. The average Bonchev–Trinajstić information content (AvgIpc) is 3.96. The summed E-state index contributed by atoms with van der Waals surface area (Å²) < 4.78 is 11.5. The number of nitrogens with one attached hydrogen (secondary N) is 1. The number of para-hydroxylation sites is 1. The molecule has 0 fully saturated rings. The average molecular weight is 899 g/mol. The molecule has 1 N–H and O–H groups in total. The molecule has 1 aliphatic carbocycles. The number of fused-ring (bicyclic) bond motifs is 3. The fourth-order valence-electron chi connectivity index (χ4n) is 8.27. The van der Waals surface area contributed by atoms with Crippen LogP contribution in [0, 0.1) is 20.3 Å². The van der Waals surface area contributed by atoms with Gasteiger partial charge in [0.2, 0.25) is 0 Å². The molecular formula is C56H60N5O4S. The number of imidazole rings is 1. The van der Waals surface area contributed by atoms with Crippen LogP contribution in [0.4, 0.5) is 17.1 Å². The number of ether oxygens (including phenoxy) is 1. The highest BCUT2D eigenvalue weighted by Gasteiger charge is 2.44. The fraction of sp³-hybridized carbons (Fsp3) is 0.214. The Kier molecular flexibility index (Phi) is 14.6. The molecule has 0 saturated heterocycles. The van der Waals surface area contributed by atoms with Gasteiger partial charge in [-0.2, -0.15) is 0 Å². The maximum absolute atomic E-state index is 12.9. The summed E-state index contributed by atoms with van der Waals surface area (Å²) in [5.41, 5.74) is 15.6. The quantitative estimate of drug-likeness (QED) is 0.151. The van der Waals surface area contributed by atoms with Gasteiger partial charge in [0.05, 0.1) is 10.4 Å². The highest BCUT2D eigenvalue weighted by molar-refractivity contribution is 8.00. The molecule has 4 heterocycles. The lowest BCUT2D eigenvalue weighted by Gasteiger charge is -2.35. The van der Waals surface area contributed by atoms with Gasteiger partial charge in [0, 0.05) is 102 Å². The third-order valence-electron chi connectivity index (χ3n) is 11.5. The second-order valence-electron chi connectivity index (χ2n) is 16.4. The van der Waals surface area contributed by atoms with Crippen molar-refractivity contribution in [1.29, 1.82) is 0 Å². The lowest BCUT2D eigenvalue weighted by atomic mass is 9.79. The van der Waals surface area contributed by atoms with Gasteiger partial charge in [0.25, 0.3) is 5.91 Å². The third-order valence-corrected chi connectivity index (χ3v) is 13.0. The van der Waals surface area contributed by atoms with Crippen molar-refractivity contribution in [2.24, 2.45) is 0 Å². The van der Waals surface area contributed by atoms with Crippen LogP contribution in [0.3, 0.4) is 0 Å². The Morgan fingerprint density at radius 2 is 1.42 bits per heavy atom. The first-order valence-electron chi connectivity index (χ1n) is 22.1. The van der Waals surface area contributed by atoms with Crippen LogP contribution in [0.25, 0.3) is 33.4 Å². The Morgan fingerprint density at radius 3 is 2.05 bits per heavy atom. The zero-order chi connectivity index (χ0) is 47.1. The van der Waals surface area contributed by atoms with Crippen molar-refractivity contribution in [2.75, 3.05) is 57.5 Å². The van der Waals surface area contributed by atoms with Crippen molar-refractivity contribution in [1.82, 2.24) is 9.38 Å².